The van der Waals surface area contributed by atoms with E-state index in [-0.39, 0.29) is 5.82 Å². The van der Waals surface area contributed by atoms with E-state index in [0.29, 0.717) is 5.70 Å². The van der Waals surface area contributed by atoms with Crippen molar-refractivity contribution in [2.45, 2.75) is 13.8 Å². The van der Waals surface area contributed by atoms with Gasteiger partial charge in [0, 0.05) is 11.1 Å². The maximum atomic E-state index is 13.1. The maximum absolute atomic E-state index is 13.1. The summed E-state index contributed by atoms with van der Waals surface area (Å²) in [6, 6.07) is 8.19. The smallest absolute Gasteiger partial charge is 0.123 e. The van der Waals surface area contributed by atoms with Crippen molar-refractivity contribution in [3.8, 4) is 0 Å². The Hall–Kier alpha value is -2.42. The fourth-order valence-electron chi connectivity index (χ4n) is 1.72. The number of allylic oxidation sites excluding steroid dienone is 4. The highest BCUT2D eigenvalue weighted by Gasteiger charge is 2.01. The molecule has 20 heavy (non-hydrogen) atoms. The molecule has 0 aliphatic carbocycles. The van der Waals surface area contributed by atoms with Crippen LogP contribution in [-0.4, -0.2) is 4.98 Å². The van der Waals surface area contributed by atoms with Crippen molar-refractivity contribution >= 4 is 16.5 Å². The normalized spacial score (nSPS) is 10.9. The van der Waals surface area contributed by atoms with Gasteiger partial charge in [-0.25, -0.2) is 9.37 Å². The second-order valence-electron chi connectivity index (χ2n) is 4.85. The molecule has 2 rings (SSSR count). The van der Waals surface area contributed by atoms with Gasteiger partial charge in [-0.15, -0.1) is 0 Å². The van der Waals surface area contributed by atoms with Crippen LogP contribution in [-0.2, 0) is 0 Å². The molecule has 102 valence electrons. The van der Waals surface area contributed by atoms with Gasteiger partial charge in [0.1, 0.15) is 5.82 Å². The second-order valence-corrected chi connectivity index (χ2v) is 4.85. The molecular formula is C17H17FN2. The summed E-state index contributed by atoms with van der Waals surface area (Å²) < 4.78 is 13.1. The molecule has 0 saturated heterocycles. The summed E-state index contributed by atoms with van der Waals surface area (Å²) in [6.45, 7) is 7.88. The molecule has 0 atom stereocenters. The summed E-state index contributed by atoms with van der Waals surface area (Å²) in [6.07, 6.45) is 3.65. The summed E-state index contributed by atoms with van der Waals surface area (Å²) in [5.74, 6) is -0.262. The number of aromatic nitrogens is 1. The molecule has 0 aliphatic heterocycles. The minimum atomic E-state index is -0.262. The van der Waals surface area contributed by atoms with Crippen molar-refractivity contribution in [2.24, 2.45) is 5.73 Å². The Morgan fingerprint density at radius 1 is 1.20 bits per heavy atom. The standard InChI is InChI=1S/C17H17FN2/c1-11(2)15(19)7-4-12(3)16-8-5-13-10-14(18)6-9-17(13)20-16/h4-10H,3,19H2,1-2H3/b7-4-. The molecule has 0 fully saturated rings. The topological polar surface area (TPSA) is 38.9 Å². The van der Waals surface area contributed by atoms with Crippen LogP contribution in [0.2, 0.25) is 0 Å². The molecule has 2 N–H and O–H groups in total. The fraction of sp³-hybridized carbons (Fsp3) is 0.118. The van der Waals surface area contributed by atoms with Crippen LogP contribution in [0.5, 0.6) is 0 Å². The Balaban J connectivity index is 2.32. The van der Waals surface area contributed by atoms with Crippen LogP contribution in [0, 0.1) is 5.82 Å². The molecule has 0 saturated carbocycles. The average molecular weight is 268 g/mol. The molecule has 1 aromatic carbocycles. The van der Waals surface area contributed by atoms with Crippen molar-refractivity contribution in [1.82, 2.24) is 4.98 Å². The molecule has 1 heterocycles. The quantitative estimate of drug-likeness (QED) is 0.847. The zero-order valence-corrected chi connectivity index (χ0v) is 11.7. The number of fused-ring (bicyclic) bond motifs is 1. The van der Waals surface area contributed by atoms with Crippen LogP contribution >= 0.6 is 0 Å². The minimum absolute atomic E-state index is 0.262. The van der Waals surface area contributed by atoms with Crippen molar-refractivity contribution in [1.29, 1.82) is 0 Å². The van der Waals surface area contributed by atoms with Gasteiger partial charge in [-0.2, -0.15) is 0 Å². The molecule has 2 aromatic rings. The van der Waals surface area contributed by atoms with Crippen molar-refractivity contribution in [2.75, 3.05) is 0 Å². The van der Waals surface area contributed by atoms with Gasteiger partial charge in [-0.3, -0.25) is 0 Å². The lowest BCUT2D eigenvalue weighted by molar-refractivity contribution is 0.629. The van der Waals surface area contributed by atoms with Crippen LogP contribution in [0.1, 0.15) is 19.5 Å². The maximum Gasteiger partial charge on any atom is 0.123 e. The SMILES string of the molecule is C=C(/C=C\C(N)=C(C)C)c1ccc2cc(F)ccc2n1. The van der Waals surface area contributed by atoms with Gasteiger partial charge in [0.05, 0.1) is 11.2 Å². The van der Waals surface area contributed by atoms with E-state index < -0.39 is 0 Å². The van der Waals surface area contributed by atoms with E-state index in [2.05, 4.69) is 11.6 Å². The molecule has 0 amide bonds. The van der Waals surface area contributed by atoms with Crippen LogP contribution in [0.25, 0.3) is 16.5 Å². The van der Waals surface area contributed by atoms with Crippen molar-refractivity contribution in [3.63, 3.8) is 0 Å². The first-order valence-corrected chi connectivity index (χ1v) is 6.34. The molecule has 0 aliphatic rings. The van der Waals surface area contributed by atoms with Crippen molar-refractivity contribution < 1.29 is 4.39 Å². The van der Waals surface area contributed by atoms with Gasteiger partial charge in [0.25, 0.3) is 0 Å². The first-order valence-electron chi connectivity index (χ1n) is 6.34. The Morgan fingerprint density at radius 3 is 2.65 bits per heavy atom. The fourth-order valence-corrected chi connectivity index (χ4v) is 1.72. The van der Waals surface area contributed by atoms with Crippen LogP contribution in [0.15, 0.2) is 60.3 Å². The summed E-state index contributed by atoms with van der Waals surface area (Å²) in [5.41, 5.74) is 9.87. The third-order valence-corrected chi connectivity index (χ3v) is 3.02. The zero-order valence-electron chi connectivity index (χ0n) is 11.7. The second kappa shape index (κ2) is 5.70. The molecule has 0 spiro atoms. The lowest BCUT2D eigenvalue weighted by atomic mass is 10.1. The number of nitrogens with two attached hydrogens (primary N) is 1. The molecule has 2 nitrogen and oxygen atoms in total. The van der Waals surface area contributed by atoms with E-state index in [1.54, 1.807) is 6.07 Å². The number of hydrogen-bond donors (Lipinski definition) is 1. The summed E-state index contributed by atoms with van der Waals surface area (Å²) in [7, 11) is 0. The minimum Gasteiger partial charge on any atom is -0.399 e. The van der Waals surface area contributed by atoms with Crippen LogP contribution in [0.4, 0.5) is 4.39 Å². The van der Waals surface area contributed by atoms with Crippen molar-refractivity contribution in [3.05, 3.63) is 71.8 Å². The summed E-state index contributed by atoms with van der Waals surface area (Å²) in [5, 5.41) is 0.773. The van der Waals surface area contributed by atoms with E-state index in [1.165, 1.54) is 12.1 Å². The monoisotopic (exact) mass is 268 g/mol. The predicted molar refractivity (Wildman–Crippen MR) is 82.4 cm³/mol. The van der Waals surface area contributed by atoms with E-state index in [4.69, 9.17) is 5.73 Å². The highest BCUT2D eigenvalue weighted by Crippen LogP contribution is 2.18. The third-order valence-electron chi connectivity index (χ3n) is 3.02. The van der Waals surface area contributed by atoms with Gasteiger partial charge in [0.2, 0.25) is 0 Å². The number of hydrogen-bond acceptors (Lipinski definition) is 2. The number of halogens is 1. The van der Waals surface area contributed by atoms with E-state index in [1.807, 2.05) is 38.1 Å². The molecule has 3 heteroatoms. The van der Waals surface area contributed by atoms with Gasteiger partial charge in [-0.05, 0) is 49.8 Å². The average Bonchev–Trinajstić information content (AvgIpc) is 2.43. The molecule has 0 unspecified atom stereocenters. The largest absolute Gasteiger partial charge is 0.399 e. The Kier molecular flexibility index (Phi) is 3.99. The van der Waals surface area contributed by atoms with Gasteiger partial charge >= 0.3 is 0 Å². The van der Waals surface area contributed by atoms with Gasteiger partial charge in [0.15, 0.2) is 0 Å². The number of benzene rings is 1. The molecule has 0 radical (unpaired) electrons. The first kappa shape index (κ1) is 14.0. The Morgan fingerprint density at radius 2 is 1.95 bits per heavy atom. The number of rotatable bonds is 3. The van der Waals surface area contributed by atoms with Gasteiger partial charge < -0.3 is 5.73 Å². The van der Waals surface area contributed by atoms with E-state index >= 15 is 0 Å². The molecular weight excluding hydrogens is 251 g/mol. The summed E-state index contributed by atoms with van der Waals surface area (Å²) in [4.78, 5) is 4.46. The molecule has 0 bridgehead atoms. The van der Waals surface area contributed by atoms with Crippen LogP contribution in [0.3, 0.4) is 0 Å². The number of nitrogens with zero attached hydrogens (tertiary/aromatic N) is 1. The van der Waals surface area contributed by atoms with E-state index in [0.717, 1.165) is 27.7 Å². The highest BCUT2D eigenvalue weighted by molar-refractivity contribution is 5.82. The highest BCUT2D eigenvalue weighted by atomic mass is 19.1. The Bertz CT molecular complexity index is 723. The third kappa shape index (κ3) is 3.12. The molecule has 1 aromatic heterocycles. The van der Waals surface area contributed by atoms with Gasteiger partial charge in [-0.1, -0.05) is 24.3 Å². The number of pyridine rings is 1. The summed E-state index contributed by atoms with van der Waals surface area (Å²) >= 11 is 0. The Labute approximate surface area is 118 Å². The lowest BCUT2D eigenvalue weighted by Gasteiger charge is -2.03. The predicted octanol–water partition coefficient (Wildman–Crippen LogP) is 4.20. The lowest BCUT2D eigenvalue weighted by Crippen LogP contribution is -1.95. The zero-order chi connectivity index (χ0) is 14.7. The van der Waals surface area contributed by atoms with Crippen LogP contribution < -0.4 is 5.73 Å². The van der Waals surface area contributed by atoms with E-state index in [9.17, 15) is 4.39 Å². The first-order chi connectivity index (χ1) is 9.47.